The van der Waals surface area contributed by atoms with E-state index in [1.807, 2.05) is 13.8 Å². The van der Waals surface area contributed by atoms with Crippen LogP contribution >= 0.6 is 0 Å². The van der Waals surface area contributed by atoms with Crippen LogP contribution in [0.4, 0.5) is 0 Å². The maximum absolute atomic E-state index is 12.5. The maximum Gasteiger partial charge on any atom is 0.310 e. The van der Waals surface area contributed by atoms with Crippen LogP contribution in [0.3, 0.4) is 0 Å². The molecule has 3 saturated carbocycles. The number of carbonyl (C=O) groups excluding carboxylic acids is 1. The van der Waals surface area contributed by atoms with Gasteiger partial charge < -0.3 is 4.74 Å². The highest BCUT2D eigenvalue weighted by Crippen LogP contribution is 2.47. The molecule has 0 aromatic rings. The molecule has 3 rings (SSSR count). The molecule has 0 saturated heterocycles. The zero-order chi connectivity index (χ0) is 13.9. The lowest BCUT2D eigenvalue weighted by Gasteiger charge is -2.45. The molecule has 0 aliphatic heterocycles. The summed E-state index contributed by atoms with van der Waals surface area (Å²) in [7, 11) is 0. The van der Waals surface area contributed by atoms with Gasteiger partial charge in [0.1, 0.15) is 5.60 Å². The van der Waals surface area contributed by atoms with Gasteiger partial charge in [-0.3, -0.25) is 4.79 Å². The van der Waals surface area contributed by atoms with E-state index >= 15 is 0 Å². The van der Waals surface area contributed by atoms with Gasteiger partial charge in [0.05, 0.1) is 5.92 Å². The quantitative estimate of drug-likeness (QED) is 0.691. The molecule has 2 unspecified atom stereocenters. The van der Waals surface area contributed by atoms with Crippen molar-refractivity contribution in [3.63, 3.8) is 0 Å². The molecule has 0 spiro atoms. The third-order valence-corrected chi connectivity index (χ3v) is 5.27. The highest BCUT2D eigenvalue weighted by molar-refractivity contribution is 5.74. The molecule has 0 aromatic heterocycles. The molecule has 2 bridgehead atoms. The van der Waals surface area contributed by atoms with Crippen molar-refractivity contribution in [2.24, 2.45) is 17.8 Å². The summed E-state index contributed by atoms with van der Waals surface area (Å²) in [6.45, 7) is 6.13. The Morgan fingerprint density at radius 3 is 2.11 bits per heavy atom. The highest BCUT2D eigenvalue weighted by atomic mass is 16.6. The molecule has 0 heterocycles. The van der Waals surface area contributed by atoms with Crippen molar-refractivity contribution < 1.29 is 9.53 Å². The number of fused-ring (bicyclic) bond motifs is 6. The Morgan fingerprint density at radius 1 is 1.05 bits per heavy atom. The predicted octanol–water partition coefficient (Wildman–Crippen LogP) is 4.71. The Hall–Kier alpha value is -0.530. The van der Waals surface area contributed by atoms with Crippen molar-refractivity contribution in [3.8, 4) is 0 Å². The molecule has 3 aliphatic carbocycles. The van der Waals surface area contributed by atoms with Crippen LogP contribution in [0, 0.1) is 17.8 Å². The normalized spacial score (nSPS) is 32.3. The number of hydrogen-bond donors (Lipinski definition) is 0. The van der Waals surface area contributed by atoms with Gasteiger partial charge in [-0.25, -0.2) is 0 Å². The summed E-state index contributed by atoms with van der Waals surface area (Å²) in [6.07, 6.45) is 11.3. The van der Waals surface area contributed by atoms with Crippen molar-refractivity contribution >= 4 is 5.97 Å². The number of esters is 1. The second-order valence-electron chi connectivity index (χ2n) is 7.16. The first-order chi connectivity index (χ1) is 9.03. The van der Waals surface area contributed by atoms with Crippen molar-refractivity contribution in [1.82, 2.24) is 0 Å². The molecule has 2 atom stereocenters. The van der Waals surface area contributed by atoms with Gasteiger partial charge in [-0.2, -0.15) is 0 Å². The van der Waals surface area contributed by atoms with E-state index in [0.717, 1.165) is 6.42 Å². The molecule has 2 heteroatoms. The van der Waals surface area contributed by atoms with E-state index in [1.54, 1.807) is 0 Å². The molecular formula is C17H30O2. The lowest BCUT2D eigenvalue weighted by atomic mass is 9.61. The fourth-order valence-electron chi connectivity index (χ4n) is 3.61. The lowest BCUT2D eigenvalue weighted by Crippen LogP contribution is -2.45. The lowest BCUT2D eigenvalue weighted by molar-refractivity contribution is -0.173. The van der Waals surface area contributed by atoms with Gasteiger partial charge in [-0.05, 0) is 51.4 Å². The zero-order valence-corrected chi connectivity index (χ0v) is 12.9. The van der Waals surface area contributed by atoms with Gasteiger partial charge in [-0.1, -0.05) is 39.0 Å². The largest absolute Gasteiger partial charge is 0.459 e. The summed E-state index contributed by atoms with van der Waals surface area (Å²) in [5.74, 6) is 1.53. The molecule has 3 aliphatic rings. The van der Waals surface area contributed by atoms with Crippen molar-refractivity contribution in [3.05, 3.63) is 0 Å². The van der Waals surface area contributed by atoms with Gasteiger partial charge in [0, 0.05) is 0 Å². The standard InChI is InChI=1S/C17H30O2/c1-4-17(2,3)19-16(18)15-13-10-8-6-5-7-9-11-14(15)12-13/h13-15H,4-12H2,1-3H3. The van der Waals surface area contributed by atoms with E-state index in [0.29, 0.717) is 11.8 Å². The van der Waals surface area contributed by atoms with Crippen LogP contribution in [0.2, 0.25) is 0 Å². The van der Waals surface area contributed by atoms with E-state index in [1.165, 1.54) is 51.4 Å². The summed E-state index contributed by atoms with van der Waals surface area (Å²) in [5.41, 5.74) is -0.293. The summed E-state index contributed by atoms with van der Waals surface area (Å²) in [4.78, 5) is 12.5. The maximum atomic E-state index is 12.5. The van der Waals surface area contributed by atoms with Gasteiger partial charge in [0.25, 0.3) is 0 Å². The Balaban J connectivity index is 1.95. The molecule has 19 heavy (non-hydrogen) atoms. The minimum absolute atomic E-state index is 0.0914. The summed E-state index contributed by atoms with van der Waals surface area (Å²) >= 11 is 0. The predicted molar refractivity (Wildman–Crippen MR) is 77.9 cm³/mol. The second-order valence-corrected chi connectivity index (χ2v) is 7.16. The molecule has 2 nitrogen and oxygen atoms in total. The minimum atomic E-state index is -0.293. The average molecular weight is 266 g/mol. The number of carbonyl (C=O) groups is 1. The topological polar surface area (TPSA) is 26.3 Å². The fourth-order valence-corrected chi connectivity index (χ4v) is 3.61. The van der Waals surface area contributed by atoms with Crippen LogP contribution in [0.15, 0.2) is 0 Å². The fraction of sp³-hybridized carbons (Fsp3) is 0.941. The van der Waals surface area contributed by atoms with E-state index in [2.05, 4.69) is 6.92 Å². The Labute approximate surface area is 118 Å². The second kappa shape index (κ2) is 6.28. The average Bonchev–Trinajstić information content (AvgIpc) is 2.35. The molecule has 110 valence electrons. The SMILES string of the molecule is CCC(C)(C)OC(=O)C1C2CCCCCCCC1C2. The monoisotopic (exact) mass is 266 g/mol. The van der Waals surface area contributed by atoms with Crippen LogP contribution in [0.5, 0.6) is 0 Å². The molecule has 0 N–H and O–H groups in total. The summed E-state index contributed by atoms with van der Waals surface area (Å²) in [6, 6.07) is 0. The third-order valence-electron chi connectivity index (χ3n) is 5.27. The van der Waals surface area contributed by atoms with E-state index < -0.39 is 0 Å². The Kier molecular flexibility index (Phi) is 4.92. The molecule has 3 fully saturated rings. The molecular weight excluding hydrogens is 236 g/mol. The van der Waals surface area contributed by atoms with Crippen LogP contribution in [0.25, 0.3) is 0 Å². The summed E-state index contributed by atoms with van der Waals surface area (Å²) in [5, 5.41) is 0. The smallest absolute Gasteiger partial charge is 0.310 e. The van der Waals surface area contributed by atoms with Crippen LogP contribution in [0.1, 0.15) is 78.6 Å². The van der Waals surface area contributed by atoms with Crippen LogP contribution in [-0.4, -0.2) is 11.6 Å². The Bertz CT molecular complexity index is 290. The first kappa shape index (κ1) is 14.9. The van der Waals surface area contributed by atoms with Gasteiger partial charge in [-0.15, -0.1) is 0 Å². The van der Waals surface area contributed by atoms with E-state index in [-0.39, 0.29) is 17.5 Å². The van der Waals surface area contributed by atoms with Crippen molar-refractivity contribution in [2.75, 3.05) is 0 Å². The van der Waals surface area contributed by atoms with Crippen LogP contribution < -0.4 is 0 Å². The summed E-state index contributed by atoms with van der Waals surface area (Å²) < 4.78 is 5.76. The van der Waals surface area contributed by atoms with Crippen molar-refractivity contribution in [2.45, 2.75) is 84.2 Å². The van der Waals surface area contributed by atoms with Gasteiger partial charge in [0.15, 0.2) is 0 Å². The molecule has 0 aromatic carbocycles. The number of ether oxygens (including phenoxy) is 1. The number of rotatable bonds is 3. The van der Waals surface area contributed by atoms with E-state index in [9.17, 15) is 4.79 Å². The first-order valence-electron chi connectivity index (χ1n) is 8.26. The Morgan fingerprint density at radius 2 is 1.58 bits per heavy atom. The van der Waals surface area contributed by atoms with Crippen LogP contribution in [-0.2, 0) is 9.53 Å². The van der Waals surface area contributed by atoms with Gasteiger partial charge >= 0.3 is 5.97 Å². The molecule has 0 amide bonds. The number of hydrogen-bond acceptors (Lipinski definition) is 2. The van der Waals surface area contributed by atoms with E-state index in [4.69, 9.17) is 4.74 Å². The molecule has 0 radical (unpaired) electrons. The zero-order valence-electron chi connectivity index (χ0n) is 12.9. The minimum Gasteiger partial charge on any atom is -0.459 e. The first-order valence-corrected chi connectivity index (χ1v) is 8.26. The third kappa shape index (κ3) is 3.73. The highest BCUT2D eigenvalue weighted by Gasteiger charge is 2.46. The van der Waals surface area contributed by atoms with Gasteiger partial charge in [0.2, 0.25) is 0 Å². The van der Waals surface area contributed by atoms with Crippen molar-refractivity contribution in [1.29, 1.82) is 0 Å².